The number of nitrogens with zero attached hydrogens (tertiary/aromatic N) is 1. The normalized spacial score (nSPS) is 11.6. The van der Waals surface area contributed by atoms with Gasteiger partial charge in [0.25, 0.3) is 0 Å². The predicted molar refractivity (Wildman–Crippen MR) is 103 cm³/mol. The third kappa shape index (κ3) is 5.94. The highest BCUT2D eigenvalue weighted by molar-refractivity contribution is 8.00. The lowest BCUT2D eigenvalue weighted by molar-refractivity contribution is -0.137. The summed E-state index contributed by atoms with van der Waals surface area (Å²) in [6, 6.07) is 19.3. The summed E-state index contributed by atoms with van der Waals surface area (Å²) in [5, 5.41) is 2.63. The van der Waals surface area contributed by atoms with Crippen LogP contribution in [0.25, 0.3) is 0 Å². The van der Waals surface area contributed by atoms with Gasteiger partial charge >= 0.3 is 0 Å². The quantitative estimate of drug-likeness (QED) is 0.740. The molecule has 2 rings (SSSR count). The molecule has 1 atom stereocenters. The van der Waals surface area contributed by atoms with Gasteiger partial charge in [-0.3, -0.25) is 9.59 Å². The van der Waals surface area contributed by atoms with Gasteiger partial charge in [0.1, 0.15) is 6.04 Å². The summed E-state index contributed by atoms with van der Waals surface area (Å²) in [7, 11) is 1.59. The van der Waals surface area contributed by atoms with Crippen molar-refractivity contribution in [1.82, 2.24) is 10.2 Å². The summed E-state index contributed by atoms with van der Waals surface area (Å²) >= 11 is 1.49. The van der Waals surface area contributed by atoms with Crippen molar-refractivity contribution in [1.29, 1.82) is 0 Å². The number of likely N-dealkylation sites (N-methyl/N-ethyl adjacent to an activating group) is 1. The van der Waals surface area contributed by atoms with Crippen LogP contribution in [0.4, 0.5) is 0 Å². The van der Waals surface area contributed by atoms with E-state index in [1.165, 1.54) is 11.8 Å². The van der Waals surface area contributed by atoms with Crippen molar-refractivity contribution in [2.24, 2.45) is 0 Å². The molecule has 1 unspecified atom stereocenters. The lowest BCUT2D eigenvalue weighted by Gasteiger charge is -2.28. The first-order valence-electron chi connectivity index (χ1n) is 8.34. The van der Waals surface area contributed by atoms with Gasteiger partial charge in [-0.1, -0.05) is 48.5 Å². The van der Waals surface area contributed by atoms with Crippen LogP contribution < -0.4 is 5.32 Å². The molecule has 0 radical (unpaired) electrons. The van der Waals surface area contributed by atoms with Crippen LogP contribution in [-0.2, 0) is 16.0 Å². The van der Waals surface area contributed by atoms with E-state index < -0.39 is 6.04 Å². The number of hydrogen-bond donors (Lipinski definition) is 1. The van der Waals surface area contributed by atoms with E-state index in [0.29, 0.717) is 12.3 Å². The van der Waals surface area contributed by atoms with Crippen molar-refractivity contribution in [3.8, 4) is 0 Å². The average Bonchev–Trinajstić information content (AvgIpc) is 2.67. The van der Waals surface area contributed by atoms with Crippen LogP contribution in [0.5, 0.6) is 0 Å². The number of carbonyl (C=O) groups excluding carboxylic acids is 2. The van der Waals surface area contributed by atoms with Gasteiger partial charge in [-0.05, 0) is 31.0 Å². The van der Waals surface area contributed by atoms with Crippen LogP contribution in [0.1, 0.15) is 12.5 Å². The number of hydrogen-bond acceptors (Lipinski definition) is 3. The van der Waals surface area contributed by atoms with E-state index in [1.807, 2.05) is 60.7 Å². The Labute approximate surface area is 153 Å². The Morgan fingerprint density at radius 2 is 1.64 bits per heavy atom. The molecule has 0 aliphatic heterocycles. The van der Waals surface area contributed by atoms with E-state index in [1.54, 1.807) is 18.9 Å². The highest BCUT2D eigenvalue weighted by Gasteiger charge is 2.24. The first-order valence-corrected chi connectivity index (χ1v) is 9.33. The Morgan fingerprint density at radius 1 is 1.04 bits per heavy atom. The van der Waals surface area contributed by atoms with Gasteiger partial charge in [0, 0.05) is 18.5 Å². The maximum Gasteiger partial charge on any atom is 0.242 e. The minimum atomic E-state index is -0.488. The number of rotatable bonds is 8. The molecule has 0 fully saturated rings. The molecule has 0 spiro atoms. The fourth-order valence-electron chi connectivity index (χ4n) is 2.52. The summed E-state index contributed by atoms with van der Waals surface area (Å²) in [6.45, 7) is 2.29. The SMILES string of the molecule is CNC(=O)C(C)N(CCc1ccccc1)C(=O)CSc1ccccc1. The monoisotopic (exact) mass is 356 g/mol. The third-order valence-electron chi connectivity index (χ3n) is 4.00. The first-order chi connectivity index (χ1) is 12.1. The summed E-state index contributed by atoms with van der Waals surface area (Å²) in [5.74, 6) is 0.146. The van der Waals surface area contributed by atoms with Crippen LogP contribution in [0, 0.1) is 0 Å². The largest absolute Gasteiger partial charge is 0.357 e. The van der Waals surface area contributed by atoms with E-state index in [4.69, 9.17) is 0 Å². The fraction of sp³-hybridized carbons (Fsp3) is 0.300. The van der Waals surface area contributed by atoms with Crippen LogP contribution in [-0.4, -0.2) is 42.1 Å². The molecule has 2 aromatic rings. The van der Waals surface area contributed by atoms with Crippen molar-refractivity contribution in [3.05, 3.63) is 66.2 Å². The fourth-order valence-corrected chi connectivity index (χ4v) is 3.33. The number of nitrogens with one attached hydrogen (secondary N) is 1. The molecular formula is C20H24N2O2S. The molecule has 132 valence electrons. The Balaban J connectivity index is 2.01. The van der Waals surface area contributed by atoms with Crippen LogP contribution in [0.15, 0.2) is 65.6 Å². The molecule has 0 saturated heterocycles. The Morgan fingerprint density at radius 3 is 2.24 bits per heavy atom. The van der Waals surface area contributed by atoms with Gasteiger partial charge in [-0.2, -0.15) is 0 Å². The van der Waals surface area contributed by atoms with Crippen LogP contribution >= 0.6 is 11.8 Å². The predicted octanol–water partition coefficient (Wildman–Crippen LogP) is 2.98. The highest BCUT2D eigenvalue weighted by Crippen LogP contribution is 2.18. The molecule has 2 amide bonds. The topological polar surface area (TPSA) is 49.4 Å². The second-order valence-electron chi connectivity index (χ2n) is 5.71. The Kier molecular flexibility index (Phi) is 7.54. The molecule has 1 N–H and O–H groups in total. The van der Waals surface area contributed by atoms with Gasteiger partial charge in [-0.25, -0.2) is 0 Å². The van der Waals surface area contributed by atoms with Gasteiger partial charge < -0.3 is 10.2 Å². The minimum Gasteiger partial charge on any atom is -0.357 e. The van der Waals surface area contributed by atoms with Crippen LogP contribution in [0.3, 0.4) is 0 Å². The second-order valence-corrected chi connectivity index (χ2v) is 6.76. The number of thioether (sulfide) groups is 1. The molecule has 0 bridgehead atoms. The second kappa shape index (κ2) is 9.89. The van der Waals surface area contributed by atoms with E-state index in [-0.39, 0.29) is 11.8 Å². The number of carbonyl (C=O) groups is 2. The summed E-state index contributed by atoms with van der Waals surface area (Å²) in [4.78, 5) is 27.5. The summed E-state index contributed by atoms with van der Waals surface area (Å²) in [5.41, 5.74) is 1.15. The van der Waals surface area contributed by atoms with Gasteiger partial charge in [0.15, 0.2) is 0 Å². The van der Waals surface area contributed by atoms with E-state index in [9.17, 15) is 9.59 Å². The van der Waals surface area contributed by atoms with Crippen LogP contribution in [0.2, 0.25) is 0 Å². The van der Waals surface area contributed by atoms with Crippen molar-refractivity contribution in [2.75, 3.05) is 19.3 Å². The van der Waals surface area contributed by atoms with Gasteiger partial charge in [-0.15, -0.1) is 11.8 Å². The molecule has 0 aromatic heterocycles. The summed E-state index contributed by atoms with van der Waals surface area (Å²) in [6.07, 6.45) is 0.726. The lowest BCUT2D eigenvalue weighted by atomic mass is 10.1. The average molecular weight is 356 g/mol. The van der Waals surface area contributed by atoms with Gasteiger partial charge in [0.2, 0.25) is 11.8 Å². The minimum absolute atomic E-state index is 0.0270. The highest BCUT2D eigenvalue weighted by atomic mass is 32.2. The zero-order valence-electron chi connectivity index (χ0n) is 14.6. The lowest BCUT2D eigenvalue weighted by Crippen LogP contribution is -2.48. The standard InChI is InChI=1S/C20H24N2O2S/c1-16(20(24)21-2)22(14-13-17-9-5-3-6-10-17)19(23)15-25-18-11-7-4-8-12-18/h3-12,16H,13-15H2,1-2H3,(H,21,24). The smallest absolute Gasteiger partial charge is 0.242 e. The van der Waals surface area contributed by atoms with Crippen molar-refractivity contribution in [3.63, 3.8) is 0 Å². The number of benzene rings is 2. The van der Waals surface area contributed by atoms with E-state index in [0.717, 1.165) is 16.9 Å². The van der Waals surface area contributed by atoms with Crippen molar-refractivity contribution in [2.45, 2.75) is 24.3 Å². The molecular weight excluding hydrogens is 332 g/mol. The maximum absolute atomic E-state index is 12.7. The molecule has 25 heavy (non-hydrogen) atoms. The third-order valence-corrected chi connectivity index (χ3v) is 5.00. The molecule has 0 saturated carbocycles. The molecule has 4 nitrogen and oxygen atoms in total. The Hall–Kier alpha value is -2.27. The molecule has 0 aliphatic carbocycles. The Bertz CT molecular complexity index is 677. The number of amides is 2. The van der Waals surface area contributed by atoms with Crippen molar-refractivity contribution < 1.29 is 9.59 Å². The first kappa shape index (κ1) is 19.1. The van der Waals surface area contributed by atoms with Crippen molar-refractivity contribution >= 4 is 23.6 Å². The van der Waals surface area contributed by atoms with E-state index >= 15 is 0 Å². The summed E-state index contributed by atoms with van der Waals surface area (Å²) < 4.78 is 0. The molecule has 5 heteroatoms. The molecule has 0 aliphatic rings. The zero-order chi connectivity index (χ0) is 18.1. The molecule has 0 heterocycles. The maximum atomic E-state index is 12.7. The van der Waals surface area contributed by atoms with E-state index in [2.05, 4.69) is 5.32 Å². The van der Waals surface area contributed by atoms with Gasteiger partial charge in [0.05, 0.1) is 5.75 Å². The zero-order valence-corrected chi connectivity index (χ0v) is 15.5. The molecule has 2 aromatic carbocycles.